The van der Waals surface area contributed by atoms with Gasteiger partial charge in [0.25, 0.3) is 0 Å². The number of piperazine rings is 1. The van der Waals surface area contributed by atoms with Crippen LogP contribution in [0.3, 0.4) is 0 Å². The molecule has 0 amide bonds. The molecule has 2 saturated heterocycles. The van der Waals surface area contributed by atoms with Gasteiger partial charge in [0, 0.05) is 51.7 Å². The van der Waals surface area contributed by atoms with Crippen LogP contribution in [0.2, 0.25) is 0 Å². The monoisotopic (exact) mass is 350 g/mol. The fourth-order valence-corrected chi connectivity index (χ4v) is 3.86. The summed E-state index contributed by atoms with van der Waals surface area (Å²) in [5.74, 6) is 2.90. The van der Waals surface area contributed by atoms with Gasteiger partial charge >= 0.3 is 0 Å². The number of aromatic nitrogens is 3. The van der Waals surface area contributed by atoms with Crippen molar-refractivity contribution in [2.75, 3.05) is 54.0 Å². The van der Waals surface area contributed by atoms with Gasteiger partial charge in [0.05, 0.1) is 11.6 Å². The molecule has 134 valence electrons. The molecular formula is C19H22N6O. The van der Waals surface area contributed by atoms with Crippen LogP contribution in [0.4, 0.5) is 17.6 Å². The topological polar surface area (TPSA) is 61.5 Å². The fraction of sp³-hybridized carbons (Fsp3) is 0.421. The summed E-state index contributed by atoms with van der Waals surface area (Å²) in [5.41, 5.74) is 0.892. The molecule has 5 heterocycles. The normalized spacial score (nSPS) is 18.1. The zero-order chi connectivity index (χ0) is 17.3. The van der Waals surface area contributed by atoms with Crippen molar-refractivity contribution in [1.82, 2.24) is 15.0 Å². The van der Waals surface area contributed by atoms with Crippen LogP contribution < -0.4 is 14.7 Å². The number of hydrogen-bond acceptors (Lipinski definition) is 7. The zero-order valence-electron chi connectivity index (χ0n) is 14.7. The summed E-state index contributed by atoms with van der Waals surface area (Å²) >= 11 is 0. The second kappa shape index (κ2) is 6.48. The minimum absolute atomic E-state index is 0.868. The smallest absolute Gasteiger partial charge is 0.227 e. The van der Waals surface area contributed by atoms with Crippen LogP contribution in [0, 0.1) is 0 Å². The van der Waals surface area contributed by atoms with E-state index in [-0.39, 0.29) is 0 Å². The average Bonchev–Trinajstić information content (AvgIpc) is 3.40. The van der Waals surface area contributed by atoms with E-state index >= 15 is 0 Å². The highest BCUT2D eigenvalue weighted by Crippen LogP contribution is 2.27. The highest BCUT2D eigenvalue weighted by molar-refractivity contribution is 5.88. The van der Waals surface area contributed by atoms with E-state index in [0.29, 0.717) is 0 Å². The molecule has 0 spiro atoms. The Morgan fingerprint density at radius 3 is 2.38 bits per heavy atom. The lowest BCUT2D eigenvalue weighted by Gasteiger charge is -2.36. The van der Waals surface area contributed by atoms with Gasteiger partial charge in [-0.25, -0.2) is 9.97 Å². The molecule has 0 radical (unpaired) electrons. The van der Waals surface area contributed by atoms with Gasteiger partial charge in [-0.1, -0.05) is 0 Å². The van der Waals surface area contributed by atoms with Crippen molar-refractivity contribution >= 4 is 28.6 Å². The molecule has 3 aromatic heterocycles. The molecule has 0 unspecified atom stereocenters. The third-order valence-electron chi connectivity index (χ3n) is 5.28. The molecule has 0 bridgehead atoms. The first-order valence-corrected chi connectivity index (χ1v) is 9.28. The van der Waals surface area contributed by atoms with E-state index in [4.69, 9.17) is 9.40 Å². The van der Waals surface area contributed by atoms with Crippen molar-refractivity contribution in [1.29, 1.82) is 0 Å². The Bertz CT molecular complexity index is 896. The maximum atomic E-state index is 5.50. The van der Waals surface area contributed by atoms with Crippen molar-refractivity contribution in [2.45, 2.75) is 12.8 Å². The van der Waals surface area contributed by atoms with Crippen molar-refractivity contribution in [3.05, 3.63) is 36.9 Å². The molecule has 0 aliphatic carbocycles. The number of pyridine rings is 1. The molecule has 0 aromatic carbocycles. The quantitative estimate of drug-likeness (QED) is 0.719. The second-order valence-corrected chi connectivity index (χ2v) is 6.85. The number of furan rings is 1. The van der Waals surface area contributed by atoms with Crippen molar-refractivity contribution in [3.63, 3.8) is 0 Å². The molecule has 3 aromatic rings. The first-order chi connectivity index (χ1) is 12.9. The van der Waals surface area contributed by atoms with E-state index < -0.39 is 0 Å². The van der Waals surface area contributed by atoms with Gasteiger partial charge in [-0.05, 0) is 31.0 Å². The molecule has 7 nitrogen and oxygen atoms in total. The van der Waals surface area contributed by atoms with Gasteiger partial charge in [0.15, 0.2) is 0 Å². The Kier molecular flexibility index (Phi) is 3.84. The van der Waals surface area contributed by atoms with E-state index in [1.165, 1.54) is 12.8 Å². The lowest BCUT2D eigenvalue weighted by Crippen LogP contribution is -2.47. The molecule has 2 aliphatic rings. The van der Waals surface area contributed by atoms with Crippen LogP contribution in [0.5, 0.6) is 0 Å². The Morgan fingerprint density at radius 2 is 1.54 bits per heavy atom. The number of anilines is 3. The third kappa shape index (κ3) is 2.73. The SMILES string of the molecule is c1cc(N2CCN(c3nccc4occc34)CC2)nc(N2CCCC2)n1. The molecule has 5 rings (SSSR count). The molecule has 2 fully saturated rings. The van der Waals surface area contributed by atoms with E-state index in [9.17, 15) is 0 Å². The largest absolute Gasteiger partial charge is 0.464 e. The van der Waals surface area contributed by atoms with Crippen molar-refractivity contribution < 1.29 is 4.42 Å². The van der Waals surface area contributed by atoms with Gasteiger partial charge in [-0.3, -0.25) is 0 Å². The van der Waals surface area contributed by atoms with E-state index in [1.807, 2.05) is 30.6 Å². The second-order valence-electron chi connectivity index (χ2n) is 6.85. The van der Waals surface area contributed by atoms with Gasteiger partial charge in [0.2, 0.25) is 5.95 Å². The van der Waals surface area contributed by atoms with E-state index in [0.717, 1.165) is 67.8 Å². The maximum absolute atomic E-state index is 5.50. The Morgan fingerprint density at radius 1 is 0.769 bits per heavy atom. The third-order valence-corrected chi connectivity index (χ3v) is 5.28. The fourth-order valence-electron chi connectivity index (χ4n) is 3.86. The highest BCUT2D eigenvalue weighted by atomic mass is 16.3. The summed E-state index contributed by atoms with van der Waals surface area (Å²) in [6.45, 7) is 5.81. The summed E-state index contributed by atoms with van der Waals surface area (Å²) in [7, 11) is 0. The minimum atomic E-state index is 0.868. The first kappa shape index (κ1) is 15.4. The van der Waals surface area contributed by atoms with Crippen LogP contribution >= 0.6 is 0 Å². The Labute approximate surface area is 152 Å². The highest BCUT2D eigenvalue weighted by Gasteiger charge is 2.22. The molecule has 0 saturated carbocycles. The van der Waals surface area contributed by atoms with Crippen LogP contribution in [0.15, 0.2) is 41.3 Å². The van der Waals surface area contributed by atoms with Gasteiger partial charge < -0.3 is 19.1 Å². The number of hydrogen-bond donors (Lipinski definition) is 0. The molecule has 7 heteroatoms. The van der Waals surface area contributed by atoms with Gasteiger partial charge in [0.1, 0.15) is 17.2 Å². The summed E-state index contributed by atoms with van der Waals surface area (Å²) in [5, 5.41) is 1.08. The van der Waals surface area contributed by atoms with Crippen LogP contribution in [-0.4, -0.2) is 54.2 Å². The van der Waals surface area contributed by atoms with E-state index in [2.05, 4.69) is 24.7 Å². The summed E-state index contributed by atoms with van der Waals surface area (Å²) in [6.07, 6.45) is 7.90. The molecule has 26 heavy (non-hydrogen) atoms. The molecule has 0 atom stereocenters. The summed E-state index contributed by atoms with van der Waals surface area (Å²) in [4.78, 5) is 20.8. The predicted molar refractivity (Wildman–Crippen MR) is 102 cm³/mol. The maximum Gasteiger partial charge on any atom is 0.227 e. The number of fused-ring (bicyclic) bond motifs is 1. The molecular weight excluding hydrogens is 328 g/mol. The predicted octanol–water partition coefficient (Wildman–Crippen LogP) is 2.54. The molecule has 0 N–H and O–H groups in total. The summed E-state index contributed by atoms with van der Waals surface area (Å²) < 4.78 is 5.50. The summed E-state index contributed by atoms with van der Waals surface area (Å²) in [6, 6.07) is 5.93. The number of rotatable bonds is 3. The average molecular weight is 350 g/mol. The lowest BCUT2D eigenvalue weighted by molar-refractivity contribution is 0.614. The Balaban J connectivity index is 1.31. The van der Waals surface area contributed by atoms with Gasteiger partial charge in [-0.15, -0.1) is 0 Å². The first-order valence-electron chi connectivity index (χ1n) is 9.28. The van der Waals surface area contributed by atoms with Crippen LogP contribution in [-0.2, 0) is 0 Å². The van der Waals surface area contributed by atoms with Crippen molar-refractivity contribution in [2.24, 2.45) is 0 Å². The standard InChI is InChI=1S/C19H22N6O/c1-2-9-25(8-1)19-21-7-4-17(22-19)23-10-12-24(13-11-23)18-15-5-14-26-16(15)3-6-20-18/h3-7,14H,1-2,8-13H2. The van der Waals surface area contributed by atoms with Crippen LogP contribution in [0.1, 0.15) is 12.8 Å². The molecule has 2 aliphatic heterocycles. The zero-order valence-corrected chi connectivity index (χ0v) is 14.7. The Hall–Kier alpha value is -2.83. The number of nitrogens with zero attached hydrogens (tertiary/aromatic N) is 6. The minimum Gasteiger partial charge on any atom is -0.464 e. The van der Waals surface area contributed by atoms with E-state index in [1.54, 1.807) is 6.26 Å². The van der Waals surface area contributed by atoms with Crippen molar-refractivity contribution in [3.8, 4) is 0 Å². The van der Waals surface area contributed by atoms with Crippen LogP contribution in [0.25, 0.3) is 11.0 Å². The lowest BCUT2D eigenvalue weighted by atomic mass is 10.2. The van der Waals surface area contributed by atoms with Gasteiger partial charge in [-0.2, -0.15) is 4.98 Å².